The highest BCUT2D eigenvalue weighted by molar-refractivity contribution is 5.26. The van der Waals surface area contributed by atoms with Gasteiger partial charge in [0, 0.05) is 26.3 Å². The molecule has 1 saturated heterocycles. The summed E-state index contributed by atoms with van der Waals surface area (Å²) in [7, 11) is 0. The van der Waals surface area contributed by atoms with Crippen molar-refractivity contribution >= 4 is 0 Å². The van der Waals surface area contributed by atoms with Gasteiger partial charge in [-0.25, -0.2) is 0 Å². The van der Waals surface area contributed by atoms with Crippen molar-refractivity contribution in [2.24, 2.45) is 0 Å². The van der Waals surface area contributed by atoms with Crippen LogP contribution in [0.25, 0.3) is 0 Å². The molecule has 19 heavy (non-hydrogen) atoms. The molecule has 1 aliphatic heterocycles. The standard InChI is InChI=1S/C16H25NO2/c1-2-18-13-15-8-4-3-7-14(15)11-17-12-16-9-5-6-10-19-16/h3-4,7-8,16-17H,2,5-6,9-13H2,1H3. The van der Waals surface area contributed by atoms with Gasteiger partial charge in [0.25, 0.3) is 0 Å². The highest BCUT2D eigenvalue weighted by atomic mass is 16.5. The molecule has 0 bridgehead atoms. The summed E-state index contributed by atoms with van der Waals surface area (Å²) < 4.78 is 11.2. The van der Waals surface area contributed by atoms with Crippen LogP contribution in [0.3, 0.4) is 0 Å². The molecule has 1 aliphatic rings. The van der Waals surface area contributed by atoms with Crippen LogP contribution < -0.4 is 5.32 Å². The third-order valence-corrected chi connectivity index (χ3v) is 3.54. The first-order chi connectivity index (χ1) is 9.40. The monoisotopic (exact) mass is 263 g/mol. The van der Waals surface area contributed by atoms with Crippen LogP contribution in [0.5, 0.6) is 0 Å². The third kappa shape index (κ3) is 4.94. The Bertz CT molecular complexity index is 362. The van der Waals surface area contributed by atoms with E-state index in [9.17, 15) is 0 Å². The Kier molecular flexibility index (Phi) is 6.34. The van der Waals surface area contributed by atoms with Gasteiger partial charge in [0.1, 0.15) is 0 Å². The van der Waals surface area contributed by atoms with Crippen molar-refractivity contribution in [3.63, 3.8) is 0 Å². The lowest BCUT2D eigenvalue weighted by molar-refractivity contribution is 0.0167. The second-order valence-corrected chi connectivity index (χ2v) is 5.03. The molecule has 1 aromatic rings. The summed E-state index contributed by atoms with van der Waals surface area (Å²) >= 11 is 0. The molecule has 0 radical (unpaired) electrons. The Morgan fingerprint density at radius 2 is 2.11 bits per heavy atom. The summed E-state index contributed by atoms with van der Waals surface area (Å²) in [6, 6.07) is 8.47. The molecule has 0 aliphatic carbocycles. The van der Waals surface area contributed by atoms with Gasteiger partial charge >= 0.3 is 0 Å². The lowest BCUT2D eigenvalue weighted by atomic mass is 10.1. The molecule has 1 fully saturated rings. The van der Waals surface area contributed by atoms with Crippen LogP contribution in [0.1, 0.15) is 37.3 Å². The van der Waals surface area contributed by atoms with Crippen LogP contribution in [-0.2, 0) is 22.6 Å². The number of rotatable bonds is 7. The average Bonchev–Trinajstić information content (AvgIpc) is 2.47. The van der Waals surface area contributed by atoms with Gasteiger partial charge in [0.15, 0.2) is 0 Å². The van der Waals surface area contributed by atoms with Crippen LogP contribution in [-0.4, -0.2) is 25.9 Å². The largest absolute Gasteiger partial charge is 0.377 e. The first-order valence-corrected chi connectivity index (χ1v) is 7.37. The number of hydrogen-bond donors (Lipinski definition) is 1. The van der Waals surface area contributed by atoms with E-state index < -0.39 is 0 Å². The van der Waals surface area contributed by atoms with Crippen LogP contribution >= 0.6 is 0 Å². The van der Waals surface area contributed by atoms with Crippen molar-refractivity contribution in [1.29, 1.82) is 0 Å². The average molecular weight is 263 g/mol. The molecule has 3 heteroatoms. The van der Waals surface area contributed by atoms with Crippen molar-refractivity contribution in [3.05, 3.63) is 35.4 Å². The summed E-state index contributed by atoms with van der Waals surface area (Å²) in [5.74, 6) is 0. The lowest BCUT2D eigenvalue weighted by Crippen LogP contribution is -2.31. The molecular formula is C16H25NO2. The van der Waals surface area contributed by atoms with E-state index in [1.54, 1.807) is 0 Å². The van der Waals surface area contributed by atoms with E-state index in [-0.39, 0.29) is 0 Å². The van der Waals surface area contributed by atoms with Gasteiger partial charge in [0.05, 0.1) is 12.7 Å². The Labute approximate surface area is 116 Å². The van der Waals surface area contributed by atoms with Crippen molar-refractivity contribution in [1.82, 2.24) is 5.32 Å². The Balaban J connectivity index is 1.77. The van der Waals surface area contributed by atoms with Gasteiger partial charge in [-0.15, -0.1) is 0 Å². The highest BCUT2D eigenvalue weighted by Gasteiger charge is 2.13. The summed E-state index contributed by atoms with van der Waals surface area (Å²) in [4.78, 5) is 0. The Morgan fingerprint density at radius 3 is 2.84 bits per heavy atom. The van der Waals surface area contributed by atoms with Gasteiger partial charge in [-0.2, -0.15) is 0 Å². The molecule has 0 amide bonds. The predicted molar refractivity (Wildman–Crippen MR) is 77.1 cm³/mol. The molecule has 3 nitrogen and oxygen atoms in total. The van der Waals surface area contributed by atoms with Crippen molar-refractivity contribution in [2.45, 2.75) is 45.4 Å². The summed E-state index contributed by atoms with van der Waals surface area (Å²) in [6.07, 6.45) is 4.10. The Hall–Kier alpha value is -0.900. The van der Waals surface area contributed by atoms with E-state index >= 15 is 0 Å². The molecular weight excluding hydrogens is 238 g/mol. The van der Waals surface area contributed by atoms with Crippen LogP contribution in [0.4, 0.5) is 0 Å². The maximum absolute atomic E-state index is 5.72. The topological polar surface area (TPSA) is 30.5 Å². The molecule has 1 N–H and O–H groups in total. The highest BCUT2D eigenvalue weighted by Crippen LogP contribution is 2.13. The second kappa shape index (κ2) is 8.31. The van der Waals surface area contributed by atoms with Crippen LogP contribution in [0, 0.1) is 0 Å². The maximum atomic E-state index is 5.72. The van der Waals surface area contributed by atoms with E-state index in [2.05, 4.69) is 29.6 Å². The zero-order valence-electron chi connectivity index (χ0n) is 11.9. The van der Waals surface area contributed by atoms with E-state index in [1.165, 1.54) is 30.4 Å². The van der Waals surface area contributed by atoms with E-state index in [4.69, 9.17) is 9.47 Å². The fourth-order valence-corrected chi connectivity index (χ4v) is 2.42. The fourth-order valence-electron chi connectivity index (χ4n) is 2.42. The molecule has 2 rings (SSSR count). The van der Waals surface area contributed by atoms with Gasteiger partial charge in [-0.05, 0) is 37.3 Å². The molecule has 1 heterocycles. The van der Waals surface area contributed by atoms with Gasteiger partial charge in [0.2, 0.25) is 0 Å². The summed E-state index contributed by atoms with van der Waals surface area (Å²) in [5, 5.41) is 3.51. The minimum Gasteiger partial charge on any atom is -0.377 e. The number of nitrogens with one attached hydrogen (secondary N) is 1. The van der Waals surface area contributed by atoms with Gasteiger partial charge in [-0.1, -0.05) is 24.3 Å². The molecule has 0 spiro atoms. The van der Waals surface area contributed by atoms with Crippen molar-refractivity contribution in [3.8, 4) is 0 Å². The van der Waals surface area contributed by atoms with Crippen LogP contribution in [0.2, 0.25) is 0 Å². The number of hydrogen-bond acceptors (Lipinski definition) is 3. The van der Waals surface area contributed by atoms with E-state index in [0.29, 0.717) is 12.7 Å². The first-order valence-electron chi connectivity index (χ1n) is 7.37. The van der Waals surface area contributed by atoms with Gasteiger partial charge < -0.3 is 14.8 Å². The van der Waals surface area contributed by atoms with E-state index in [0.717, 1.165) is 26.3 Å². The molecule has 1 unspecified atom stereocenters. The minimum atomic E-state index is 0.396. The van der Waals surface area contributed by atoms with Crippen molar-refractivity contribution < 1.29 is 9.47 Å². The quantitative estimate of drug-likeness (QED) is 0.820. The fraction of sp³-hybridized carbons (Fsp3) is 0.625. The summed E-state index contributed by atoms with van der Waals surface area (Å²) in [6.45, 7) is 6.26. The smallest absolute Gasteiger partial charge is 0.0719 e. The normalized spacial score (nSPS) is 19.5. The number of benzene rings is 1. The van der Waals surface area contributed by atoms with Gasteiger partial charge in [-0.3, -0.25) is 0 Å². The SMILES string of the molecule is CCOCc1ccccc1CNCC1CCCCO1. The maximum Gasteiger partial charge on any atom is 0.0719 e. The lowest BCUT2D eigenvalue weighted by Gasteiger charge is -2.23. The zero-order valence-corrected chi connectivity index (χ0v) is 11.9. The molecule has 1 atom stereocenters. The van der Waals surface area contributed by atoms with E-state index in [1.807, 2.05) is 6.92 Å². The Morgan fingerprint density at radius 1 is 1.26 bits per heavy atom. The second-order valence-electron chi connectivity index (χ2n) is 5.03. The third-order valence-electron chi connectivity index (χ3n) is 3.54. The molecule has 0 saturated carbocycles. The first kappa shape index (κ1) is 14.5. The zero-order chi connectivity index (χ0) is 13.3. The molecule has 0 aromatic heterocycles. The van der Waals surface area contributed by atoms with Crippen molar-refractivity contribution in [2.75, 3.05) is 19.8 Å². The molecule has 106 valence electrons. The minimum absolute atomic E-state index is 0.396. The van der Waals surface area contributed by atoms with Crippen LogP contribution in [0.15, 0.2) is 24.3 Å². The summed E-state index contributed by atoms with van der Waals surface area (Å²) in [5.41, 5.74) is 2.60. The predicted octanol–water partition coefficient (Wildman–Crippen LogP) is 2.88. The molecule has 1 aromatic carbocycles. The number of ether oxygens (including phenoxy) is 2.